The highest BCUT2D eigenvalue weighted by Gasteiger charge is 2.30. The van der Waals surface area contributed by atoms with E-state index in [-0.39, 0.29) is 17.6 Å². The molecule has 0 aromatic rings. The van der Waals surface area contributed by atoms with Gasteiger partial charge in [0.15, 0.2) is 0 Å². The van der Waals surface area contributed by atoms with Gasteiger partial charge < -0.3 is 15.3 Å². The molecule has 1 saturated heterocycles. The molecular formula is C13H24N2O5S. The van der Waals surface area contributed by atoms with E-state index in [9.17, 15) is 18.0 Å². The van der Waals surface area contributed by atoms with E-state index in [0.29, 0.717) is 13.1 Å². The van der Waals surface area contributed by atoms with Gasteiger partial charge in [-0.15, -0.1) is 0 Å². The first-order valence-corrected chi connectivity index (χ1v) is 9.02. The van der Waals surface area contributed by atoms with Crippen molar-refractivity contribution in [2.24, 2.45) is 5.41 Å². The van der Waals surface area contributed by atoms with E-state index in [4.69, 9.17) is 5.11 Å². The number of urea groups is 1. The van der Waals surface area contributed by atoms with Crippen molar-refractivity contribution >= 4 is 21.8 Å². The van der Waals surface area contributed by atoms with E-state index in [1.165, 1.54) is 0 Å². The quantitative estimate of drug-likeness (QED) is 0.776. The summed E-state index contributed by atoms with van der Waals surface area (Å²) in [6, 6.07) is -1.62. The second kappa shape index (κ2) is 6.64. The highest BCUT2D eigenvalue weighted by Crippen LogP contribution is 2.29. The lowest BCUT2D eigenvalue weighted by atomic mass is 9.83. The molecule has 0 spiro atoms. The molecule has 21 heavy (non-hydrogen) atoms. The van der Waals surface area contributed by atoms with Crippen LogP contribution in [0.2, 0.25) is 0 Å². The number of hydrogen-bond donors (Lipinski definition) is 2. The summed E-state index contributed by atoms with van der Waals surface area (Å²) >= 11 is 0. The largest absolute Gasteiger partial charge is 0.480 e. The molecule has 2 N–H and O–H groups in total. The maximum Gasteiger partial charge on any atom is 0.326 e. The van der Waals surface area contributed by atoms with Crippen LogP contribution in [0.25, 0.3) is 0 Å². The van der Waals surface area contributed by atoms with Gasteiger partial charge in [-0.1, -0.05) is 13.8 Å². The van der Waals surface area contributed by atoms with E-state index in [2.05, 4.69) is 19.2 Å². The molecule has 1 atom stereocenters. The number of aliphatic carboxylic acids is 1. The number of sulfone groups is 1. The van der Waals surface area contributed by atoms with E-state index < -0.39 is 27.9 Å². The van der Waals surface area contributed by atoms with Crippen LogP contribution < -0.4 is 5.32 Å². The Labute approximate surface area is 125 Å². The highest BCUT2D eigenvalue weighted by molar-refractivity contribution is 7.90. The molecule has 0 radical (unpaired) electrons. The summed E-state index contributed by atoms with van der Waals surface area (Å²) in [6.45, 7) is 5.43. The molecule has 0 bridgehead atoms. The van der Waals surface area contributed by atoms with Crippen molar-refractivity contribution < 1.29 is 23.1 Å². The van der Waals surface area contributed by atoms with E-state index in [1.807, 2.05) is 0 Å². The predicted octanol–water partition coefficient (Wildman–Crippen LogP) is 0.706. The second-order valence-electron chi connectivity index (χ2n) is 6.41. The average molecular weight is 320 g/mol. The van der Waals surface area contributed by atoms with Crippen LogP contribution in [0.4, 0.5) is 4.79 Å². The van der Waals surface area contributed by atoms with Crippen molar-refractivity contribution in [2.75, 3.05) is 25.1 Å². The molecular weight excluding hydrogens is 296 g/mol. The maximum atomic E-state index is 12.1. The van der Waals surface area contributed by atoms with Gasteiger partial charge in [-0.25, -0.2) is 18.0 Å². The topological polar surface area (TPSA) is 104 Å². The maximum absolute atomic E-state index is 12.1. The van der Waals surface area contributed by atoms with Gasteiger partial charge >= 0.3 is 12.0 Å². The third-order valence-corrected chi connectivity index (χ3v) is 4.75. The minimum absolute atomic E-state index is 0.126. The average Bonchev–Trinajstić information content (AvgIpc) is 2.32. The highest BCUT2D eigenvalue weighted by atomic mass is 32.2. The van der Waals surface area contributed by atoms with Crippen molar-refractivity contribution in [1.82, 2.24) is 10.2 Å². The van der Waals surface area contributed by atoms with Crippen LogP contribution in [0.3, 0.4) is 0 Å². The van der Waals surface area contributed by atoms with Gasteiger partial charge in [0.1, 0.15) is 15.9 Å². The number of carboxylic acids is 1. The van der Waals surface area contributed by atoms with Gasteiger partial charge in [-0.05, 0) is 24.7 Å². The molecule has 1 aliphatic rings. The fraction of sp³-hybridized carbons (Fsp3) is 0.846. The summed E-state index contributed by atoms with van der Waals surface area (Å²) in [6.07, 6.45) is 2.64. The van der Waals surface area contributed by atoms with Crippen LogP contribution in [0.5, 0.6) is 0 Å². The Balaban J connectivity index is 2.55. The lowest BCUT2D eigenvalue weighted by molar-refractivity contribution is -0.139. The van der Waals surface area contributed by atoms with Crippen LogP contribution in [0.1, 0.15) is 33.1 Å². The van der Waals surface area contributed by atoms with Crippen molar-refractivity contribution in [3.63, 3.8) is 0 Å². The van der Waals surface area contributed by atoms with Crippen molar-refractivity contribution in [3.8, 4) is 0 Å². The molecule has 0 aliphatic carbocycles. The van der Waals surface area contributed by atoms with Gasteiger partial charge in [-0.2, -0.15) is 0 Å². The standard InChI is InChI=1S/C13H24N2O5S/c1-13(2)5-7-15(8-6-13)12(18)14-10(11(16)17)4-9-21(3,19)20/h10H,4-9H2,1-3H3,(H,14,18)(H,16,17). The summed E-state index contributed by atoms with van der Waals surface area (Å²) in [7, 11) is -3.26. The SMILES string of the molecule is CC1(C)CCN(C(=O)NC(CCS(C)(=O)=O)C(=O)O)CC1. The van der Waals surface area contributed by atoms with Crippen LogP contribution in [-0.4, -0.2) is 61.6 Å². The van der Waals surface area contributed by atoms with Gasteiger partial charge in [-0.3, -0.25) is 0 Å². The van der Waals surface area contributed by atoms with Crippen LogP contribution >= 0.6 is 0 Å². The summed E-state index contributed by atoms with van der Waals surface area (Å²) < 4.78 is 22.2. The van der Waals surface area contributed by atoms with E-state index >= 15 is 0 Å². The van der Waals surface area contributed by atoms with Crippen LogP contribution in [0, 0.1) is 5.41 Å². The number of likely N-dealkylation sites (tertiary alicyclic amines) is 1. The zero-order chi connectivity index (χ0) is 16.3. The number of rotatable bonds is 5. The molecule has 1 heterocycles. The number of piperidine rings is 1. The Kier molecular flexibility index (Phi) is 5.61. The normalized spacial score (nSPS) is 19.9. The number of carbonyl (C=O) groups excluding carboxylic acids is 1. The monoisotopic (exact) mass is 320 g/mol. The van der Waals surface area contributed by atoms with Gasteiger partial charge in [0.25, 0.3) is 0 Å². The second-order valence-corrected chi connectivity index (χ2v) is 8.67. The minimum atomic E-state index is -3.26. The molecule has 122 valence electrons. The molecule has 1 unspecified atom stereocenters. The Morgan fingerprint density at radius 1 is 1.29 bits per heavy atom. The summed E-state index contributed by atoms with van der Waals surface area (Å²) in [5.41, 5.74) is 0.194. The third-order valence-electron chi connectivity index (χ3n) is 3.78. The molecule has 7 nitrogen and oxygen atoms in total. The molecule has 1 aliphatic heterocycles. The van der Waals surface area contributed by atoms with E-state index in [1.54, 1.807) is 4.90 Å². The van der Waals surface area contributed by atoms with Gasteiger partial charge in [0, 0.05) is 19.3 Å². The molecule has 0 saturated carbocycles. The lowest BCUT2D eigenvalue weighted by Crippen LogP contribution is -2.51. The first-order valence-electron chi connectivity index (χ1n) is 6.96. The number of carboxylic acid groups (broad SMARTS) is 1. The van der Waals surface area contributed by atoms with Crippen molar-refractivity contribution in [1.29, 1.82) is 0 Å². The number of nitrogens with one attached hydrogen (secondary N) is 1. The van der Waals surface area contributed by atoms with Gasteiger partial charge in [0.05, 0.1) is 5.75 Å². The Morgan fingerprint density at radius 2 is 1.81 bits per heavy atom. The number of hydrogen-bond acceptors (Lipinski definition) is 4. The van der Waals surface area contributed by atoms with Crippen molar-refractivity contribution in [2.45, 2.75) is 39.2 Å². The smallest absolute Gasteiger partial charge is 0.326 e. The zero-order valence-electron chi connectivity index (χ0n) is 12.8. The lowest BCUT2D eigenvalue weighted by Gasteiger charge is -2.37. The molecule has 1 fully saturated rings. The Morgan fingerprint density at radius 3 is 2.24 bits per heavy atom. The fourth-order valence-corrected chi connectivity index (χ4v) is 2.81. The first-order chi connectivity index (χ1) is 9.50. The number of amides is 2. The summed E-state index contributed by atoms with van der Waals surface area (Å²) in [4.78, 5) is 24.7. The molecule has 0 aromatic carbocycles. The van der Waals surface area contributed by atoms with Crippen LogP contribution in [0.15, 0.2) is 0 Å². The number of carbonyl (C=O) groups is 2. The summed E-state index contributed by atoms with van der Waals surface area (Å²) in [5.74, 6) is -1.48. The molecule has 8 heteroatoms. The molecule has 0 aromatic heterocycles. The van der Waals surface area contributed by atoms with Crippen LogP contribution in [-0.2, 0) is 14.6 Å². The zero-order valence-corrected chi connectivity index (χ0v) is 13.6. The molecule has 1 rings (SSSR count). The van der Waals surface area contributed by atoms with Gasteiger partial charge in [0.2, 0.25) is 0 Å². The van der Waals surface area contributed by atoms with E-state index in [0.717, 1.165) is 19.1 Å². The number of nitrogens with zero attached hydrogens (tertiary/aromatic N) is 1. The Bertz CT molecular complexity index is 491. The third kappa shape index (κ3) is 6.33. The predicted molar refractivity (Wildman–Crippen MR) is 78.9 cm³/mol. The minimum Gasteiger partial charge on any atom is -0.480 e. The van der Waals surface area contributed by atoms with Crippen molar-refractivity contribution in [3.05, 3.63) is 0 Å². The Hall–Kier alpha value is -1.31. The molecule has 2 amide bonds. The fourth-order valence-electron chi connectivity index (χ4n) is 2.14. The first kappa shape index (κ1) is 17.7. The summed E-state index contributed by atoms with van der Waals surface area (Å²) in [5, 5.41) is 11.5.